The van der Waals surface area contributed by atoms with Crippen LogP contribution in [0.3, 0.4) is 0 Å². The van der Waals surface area contributed by atoms with Crippen molar-refractivity contribution in [2.24, 2.45) is 0 Å². The van der Waals surface area contributed by atoms with E-state index < -0.39 is 0 Å². The third-order valence-corrected chi connectivity index (χ3v) is 2.61. The van der Waals surface area contributed by atoms with Crippen LogP contribution in [0.15, 0.2) is 30.3 Å². The summed E-state index contributed by atoms with van der Waals surface area (Å²) in [7, 11) is 0. The number of nitrogens with zero attached hydrogens (tertiary/aromatic N) is 2. The van der Waals surface area contributed by atoms with Crippen molar-refractivity contribution in [3.05, 3.63) is 30.3 Å². The summed E-state index contributed by atoms with van der Waals surface area (Å²) in [6, 6.07) is 9.87. The quantitative estimate of drug-likeness (QED) is 0.728. The Kier molecular flexibility index (Phi) is 1.94. The van der Waals surface area contributed by atoms with Gasteiger partial charge in [-0.3, -0.25) is 0 Å². The molecule has 0 aliphatic carbocycles. The second-order valence-corrected chi connectivity index (χ2v) is 3.97. The van der Waals surface area contributed by atoms with Crippen LogP contribution in [-0.2, 0) is 0 Å². The van der Waals surface area contributed by atoms with E-state index in [4.69, 9.17) is 5.73 Å². The number of hydrogen-bond acceptors (Lipinski definition) is 3. The van der Waals surface area contributed by atoms with Crippen LogP contribution in [0.5, 0.6) is 0 Å². The first-order valence-electron chi connectivity index (χ1n) is 3.51. The molecular weight excluding hydrogens is 217 g/mol. The first-order valence-corrected chi connectivity index (χ1v) is 5.13. The van der Waals surface area contributed by atoms with E-state index in [1.807, 2.05) is 30.3 Å². The molecule has 0 saturated carbocycles. The summed E-state index contributed by atoms with van der Waals surface area (Å²) in [6.07, 6.45) is 0. The third kappa shape index (κ3) is 1.39. The summed E-state index contributed by atoms with van der Waals surface area (Å²) in [4.78, 5) is 4.13. The topological polar surface area (TPSA) is 51.8 Å². The minimum absolute atomic E-state index is 0.0190. The zero-order chi connectivity index (χ0) is 8.39. The van der Waals surface area contributed by atoms with E-state index in [1.54, 1.807) is 0 Å². The molecule has 0 atom stereocenters. The Labute approximate surface area is 76.2 Å². The van der Waals surface area contributed by atoms with Gasteiger partial charge in [0.2, 0.25) is 0 Å². The number of rotatable bonds is 1. The van der Waals surface area contributed by atoms with Crippen LogP contribution in [0.2, 0.25) is 0 Å². The molecule has 3 nitrogen and oxygen atoms in total. The fraction of sp³-hybridized carbons (Fsp3) is 0. The average molecular weight is 224 g/mol. The fourth-order valence-electron chi connectivity index (χ4n) is 0.940. The summed E-state index contributed by atoms with van der Waals surface area (Å²) in [6.45, 7) is 0. The van der Waals surface area contributed by atoms with Gasteiger partial charge in [-0.25, -0.2) is 0 Å². The van der Waals surface area contributed by atoms with Crippen molar-refractivity contribution >= 4 is 19.4 Å². The van der Waals surface area contributed by atoms with E-state index >= 15 is 0 Å². The summed E-state index contributed by atoms with van der Waals surface area (Å²) >= 11 is 0.0190. The molecule has 0 saturated heterocycles. The van der Waals surface area contributed by atoms with Crippen LogP contribution < -0.4 is 5.73 Å². The van der Waals surface area contributed by atoms with Crippen molar-refractivity contribution < 1.29 is 0 Å². The Hall–Kier alpha value is -1.12. The summed E-state index contributed by atoms with van der Waals surface area (Å²) in [5.74, 6) is 0.771. The van der Waals surface area contributed by atoms with Gasteiger partial charge in [0.25, 0.3) is 0 Å². The maximum absolute atomic E-state index is 5.53. The molecule has 2 aromatic rings. The molecular formula is C8H7N3Se. The SMILES string of the molecule is Nc1nc(-c2ccccc2)n[se]1. The van der Waals surface area contributed by atoms with Crippen molar-refractivity contribution in [1.29, 1.82) is 0 Å². The van der Waals surface area contributed by atoms with E-state index in [9.17, 15) is 0 Å². The monoisotopic (exact) mass is 225 g/mol. The third-order valence-electron chi connectivity index (χ3n) is 1.47. The molecule has 0 amide bonds. The van der Waals surface area contributed by atoms with Crippen LogP contribution in [0.25, 0.3) is 11.4 Å². The molecule has 0 aliphatic rings. The molecule has 60 valence electrons. The number of hydrogen-bond donors (Lipinski definition) is 1. The zero-order valence-corrected chi connectivity index (χ0v) is 7.98. The van der Waals surface area contributed by atoms with Crippen molar-refractivity contribution in [1.82, 2.24) is 8.96 Å². The van der Waals surface area contributed by atoms with Crippen molar-refractivity contribution in [3.63, 3.8) is 0 Å². The second-order valence-electron chi connectivity index (χ2n) is 2.32. The van der Waals surface area contributed by atoms with Gasteiger partial charge >= 0.3 is 75.8 Å². The molecule has 2 rings (SSSR count). The molecule has 0 radical (unpaired) electrons. The molecule has 1 aromatic carbocycles. The van der Waals surface area contributed by atoms with Gasteiger partial charge in [0.1, 0.15) is 0 Å². The molecule has 1 aromatic heterocycles. The molecule has 1 heterocycles. The van der Waals surface area contributed by atoms with Crippen LogP contribution in [0.1, 0.15) is 0 Å². The van der Waals surface area contributed by atoms with Gasteiger partial charge in [-0.2, -0.15) is 0 Å². The Morgan fingerprint density at radius 1 is 1.17 bits per heavy atom. The van der Waals surface area contributed by atoms with Gasteiger partial charge in [0, 0.05) is 0 Å². The van der Waals surface area contributed by atoms with E-state index in [0.717, 1.165) is 11.4 Å². The summed E-state index contributed by atoms with van der Waals surface area (Å²) in [5.41, 5.74) is 6.57. The van der Waals surface area contributed by atoms with Crippen LogP contribution in [-0.4, -0.2) is 23.7 Å². The Balaban J connectivity index is 2.45. The molecule has 0 spiro atoms. The molecule has 0 bridgehead atoms. The number of nitrogen functional groups attached to an aromatic ring is 1. The van der Waals surface area contributed by atoms with Gasteiger partial charge in [-0.15, -0.1) is 0 Å². The van der Waals surface area contributed by atoms with E-state index in [2.05, 4.69) is 8.96 Å². The summed E-state index contributed by atoms with van der Waals surface area (Å²) in [5, 5.41) is 0. The zero-order valence-electron chi connectivity index (χ0n) is 6.27. The van der Waals surface area contributed by atoms with Crippen LogP contribution in [0.4, 0.5) is 4.69 Å². The number of benzene rings is 1. The average Bonchev–Trinajstić information content (AvgIpc) is 2.54. The van der Waals surface area contributed by atoms with Gasteiger partial charge in [0.15, 0.2) is 0 Å². The maximum atomic E-state index is 5.53. The summed E-state index contributed by atoms with van der Waals surface area (Å²) < 4.78 is 4.89. The number of anilines is 1. The van der Waals surface area contributed by atoms with Crippen LogP contribution >= 0.6 is 0 Å². The first-order chi connectivity index (χ1) is 5.86. The van der Waals surface area contributed by atoms with Crippen molar-refractivity contribution in [2.75, 3.05) is 5.73 Å². The fourth-order valence-corrected chi connectivity index (χ4v) is 1.89. The predicted octanol–water partition coefficient (Wildman–Crippen LogP) is 0.783. The van der Waals surface area contributed by atoms with Crippen molar-refractivity contribution in [2.45, 2.75) is 0 Å². The molecule has 4 heteroatoms. The van der Waals surface area contributed by atoms with Gasteiger partial charge in [0.05, 0.1) is 0 Å². The molecule has 12 heavy (non-hydrogen) atoms. The Morgan fingerprint density at radius 3 is 2.50 bits per heavy atom. The Bertz CT molecular complexity index is 369. The van der Waals surface area contributed by atoms with E-state index in [1.165, 1.54) is 0 Å². The van der Waals surface area contributed by atoms with Gasteiger partial charge < -0.3 is 0 Å². The van der Waals surface area contributed by atoms with Gasteiger partial charge in [-0.05, 0) is 0 Å². The molecule has 0 unspecified atom stereocenters. The van der Waals surface area contributed by atoms with E-state index in [0.29, 0.717) is 4.69 Å². The first kappa shape index (κ1) is 7.52. The molecule has 0 aliphatic heterocycles. The van der Waals surface area contributed by atoms with Crippen LogP contribution in [0, 0.1) is 0 Å². The van der Waals surface area contributed by atoms with Gasteiger partial charge in [-0.1, -0.05) is 0 Å². The molecule has 2 N–H and O–H groups in total. The predicted molar refractivity (Wildman–Crippen MR) is 48.8 cm³/mol. The number of nitrogens with two attached hydrogens (primary N) is 1. The van der Waals surface area contributed by atoms with E-state index in [-0.39, 0.29) is 14.7 Å². The second kappa shape index (κ2) is 3.09. The van der Waals surface area contributed by atoms with Crippen molar-refractivity contribution in [3.8, 4) is 11.4 Å². The standard InChI is InChI=1S/C8H7N3Se/c9-8-10-7(11-12-8)6-4-2-1-3-5-6/h1-5H,(H2,9,10,11). The Morgan fingerprint density at radius 2 is 1.92 bits per heavy atom. The number of aromatic nitrogens is 2. The molecule has 0 fully saturated rings. The normalized spacial score (nSPS) is 10.0. The minimum atomic E-state index is 0.0190.